The molecule has 0 unspecified atom stereocenters. The molecule has 286 valence electrons. The van der Waals surface area contributed by atoms with Crippen molar-refractivity contribution in [3.63, 3.8) is 0 Å². The minimum absolute atomic E-state index is 0.0177. The van der Waals surface area contributed by atoms with Crippen LogP contribution in [0, 0.1) is 0 Å². The molecule has 1 aliphatic carbocycles. The van der Waals surface area contributed by atoms with Crippen molar-refractivity contribution in [2.45, 2.75) is 96.8 Å². The fourth-order valence-electron chi connectivity index (χ4n) is 11.0. The van der Waals surface area contributed by atoms with Crippen LogP contribution < -0.4 is 20.6 Å². The van der Waals surface area contributed by atoms with Gasteiger partial charge in [0.25, 0.3) is 0 Å². The van der Waals surface area contributed by atoms with E-state index in [1.165, 1.54) is 113 Å². The average Bonchev–Trinajstić information content (AvgIpc) is 3.21. The molecule has 0 spiro atoms. The highest BCUT2D eigenvalue weighted by Crippen LogP contribution is 2.57. The van der Waals surface area contributed by atoms with Gasteiger partial charge in [0.2, 0.25) is 0 Å². The van der Waals surface area contributed by atoms with Gasteiger partial charge in [0.15, 0.2) is 0 Å². The molecule has 0 fully saturated rings. The lowest BCUT2D eigenvalue weighted by molar-refractivity contribution is 0.332. The second-order valence-corrected chi connectivity index (χ2v) is 20.5. The third-order valence-corrected chi connectivity index (χ3v) is 14.6. The minimum atomic E-state index is -0.202. The first kappa shape index (κ1) is 35.6. The van der Waals surface area contributed by atoms with E-state index in [-0.39, 0.29) is 28.5 Å². The predicted molar refractivity (Wildman–Crippen MR) is 249 cm³/mol. The Kier molecular flexibility index (Phi) is 7.24. The molecule has 0 saturated heterocycles. The smallest absolute Gasteiger partial charge is 0.333 e. The zero-order valence-corrected chi connectivity index (χ0v) is 35.6. The van der Waals surface area contributed by atoms with Crippen LogP contribution in [0.2, 0.25) is 0 Å². The van der Waals surface area contributed by atoms with Crippen molar-refractivity contribution in [3.8, 4) is 22.3 Å². The summed E-state index contributed by atoms with van der Waals surface area (Å²) in [6.07, 6.45) is 2.36. The van der Waals surface area contributed by atoms with Gasteiger partial charge in [-0.1, -0.05) is 153 Å². The molecule has 0 bridgehead atoms. The second-order valence-electron chi connectivity index (χ2n) is 20.5. The summed E-state index contributed by atoms with van der Waals surface area (Å²) < 4.78 is 0. The number of nitrogens with zero attached hydrogens (tertiary/aromatic N) is 2. The van der Waals surface area contributed by atoms with Crippen LogP contribution in [0.15, 0.2) is 133 Å². The maximum absolute atomic E-state index is 2.72. The van der Waals surface area contributed by atoms with Gasteiger partial charge in [0, 0.05) is 33.7 Å². The van der Waals surface area contributed by atoms with Gasteiger partial charge in [-0.2, -0.15) is 0 Å². The number of hydrogen-bond donors (Lipinski definition) is 0. The molecule has 2 nitrogen and oxygen atoms in total. The minimum Gasteiger partial charge on any atom is -0.376 e. The fraction of sp³-hybridized carbons (Fsp3) is 0.273. The van der Waals surface area contributed by atoms with E-state index in [9.17, 15) is 0 Å². The zero-order chi connectivity index (χ0) is 40.1. The van der Waals surface area contributed by atoms with Gasteiger partial charge in [-0.05, 0) is 138 Å². The molecule has 0 saturated carbocycles. The summed E-state index contributed by atoms with van der Waals surface area (Å²) in [4.78, 5) is 5.40. The molecular formula is C55H53BN2. The van der Waals surface area contributed by atoms with E-state index in [0.717, 1.165) is 0 Å². The molecule has 3 aliphatic heterocycles. The monoisotopic (exact) mass is 752 g/mol. The molecule has 0 radical (unpaired) electrons. The van der Waals surface area contributed by atoms with Crippen LogP contribution in [0.3, 0.4) is 0 Å². The summed E-state index contributed by atoms with van der Waals surface area (Å²) >= 11 is 0. The van der Waals surface area contributed by atoms with Crippen LogP contribution in [0.5, 0.6) is 0 Å². The quantitative estimate of drug-likeness (QED) is 0.162. The van der Waals surface area contributed by atoms with Crippen LogP contribution in [-0.2, 0) is 21.7 Å². The molecular weight excluding hydrogens is 699 g/mol. The Bertz CT molecular complexity index is 2850. The van der Waals surface area contributed by atoms with Gasteiger partial charge in [-0.15, -0.1) is 0 Å². The van der Waals surface area contributed by atoms with Crippen molar-refractivity contribution in [1.29, 1.82) is 0 Å². The highest BCUT2D eigenvalue weighted by Gasteiger charge is 2.51. The van der Waals surface area contributed by atoms with E-state index in [1.807, 2.05) is 0 Å². The summed E-state index contributed by atoms with van der Waals surface area (Å²) in [5.74, 6) is 0. The third-order valence-electron chi connectivity index (χ3n) is 14.6. The largest absolute Gasteiger partial charge is 0.376 e. The van der Waals surface area contributed by atoms with Gasteiger partial charge in [-0.25, -0.2) is 0 Å². The Morgan fingerprint density at radius 3 is 1.84 bits per heavy atom. The van der Waals surface area contributed by atoms with Crippen LogP contribution in [-0.4, -0.2) is 6.85 Å². The van der Waals surface area contributed by atoms with Gasteiger partial charge in [-0.3, -0.25) is 0 Å². The highest BCUT2D eigenvalue weighted by molar-refractivity contribution is 6.93. The average molecular weight is 753 g/mol. The molecule has 0 amide bonds. The van der Waals surface area contributed by atoms with Gasteiger partial charge >= 0.3 is 6.85 Å². The number of fused-ring (bicyclic) bond motifs is 8. The molecule has 0 N–H and O–H groups in total. The van der Waals surface area contributed by atoms with E-state index >= 15 is 0 Å². The first-order valence-corrected chi connectivity index (χ1v) is 21.4. The number of anilines is 5. The fourth-order valence-corrected chi connectivity index (χ4v) is 11.0. The number of hydrogen-bond acceptors (Lipinski definition) is 2. The summed E-state index contributed by atoms with van der Waals surface area (Å²) in [5, 5.41) is 2.58. The lowest BCUT2D eigenvalue weighted by Gasteiger charge is -2.51. The van der Waals surface area contributed by atoms with Crippen molar-refractivity contribution >= 4 is 57.0 Å². The van der Waals surface area contributed by atoms with E-state index in [1.54, 1.807) is 0 Å². The van der Waals surface area contributed by atoms with Crippen LogP contribution in [0.4, 0.5) is 28.4 Å². The lowest BCUT2D eigenvalue weighted by atomic mass is 9.42. The number of rotatable bonds is 2. The van der Waals surface area contributed by atoms with Crippen molar-refractivity contribution in [1.82, 2.24) is 0 Å². The van der Waals surface area contributed by atoms with E-state index in [0.29, 0.717) is 0 Å². The third kappa shape index (κ3) is 4.92. The molecule has 0 aromatic heterocycles. The molecule has 58 heavy (non-hydrogen) atoms. The summed E-state index contributed by atoms with van der Waals surface area (Å²) in [5.41, 5.74) is 21.5. The SMILES string of the molecule is CC(C)(C)c1cc2c3c(c1)N1c4cc5ccccc5cc4C(C)(C)c4cccc(c41)B3N(c1ccc(-c3ccccc3)cc1)c1cc3c(cc1-2)C(C)(C)CCC3(C)C. The molecule has 3 heterocycles. The molecule has 3 heteroatoms. The van der Waals surface area contributed by atoms with Crippen LogP contribution >= 0.6 is 0 Å². The van der Waals surface area contributed by atoms with E-state index in [2.05, 4.69) is 205 Å². The zero-order valence-electron chi connectivity index (χ0n) is 35.6. The van der Waals surface area contributed by atoms with Crippen molar-refractivity contribution < 1.29 is 0 Å². The summed E-state index contributed by atoms with van der Waals surface area (Å²) in [6.45, 7) is 21.9. The van der Waals surface area contributed by atoms with Crippen molar-refractivity contribution in [2.24, 2.45) is 0 Å². The Morgan fingerprint density at radius 2 is 1.16 bits per heavy atom. The Morgan fingerprint density at radius 1 is 0.517 bits per heavy atom. The molecule has 7 aromatic carbocycles. The Labute approximate surface area is 345 Å². The van der Waals surface area contributed by atoms with Crippen molar-refractivity contribution in [3.05, 3.63) is 161 Å². The Hall–Kier alpha value is -5.54. The van der Waals surface area contributed by atoms with Gasteiger partial charge in [0.05, 0.1) is 5.69 Å². The summed E-state index contributed by atoms with van der Waals surface area (Å²) in [7, 11) is 0. The standard InChI is InChI=1S/C55H53BN2/c1-52(2,3)38-30-41-40-32-43-44(54(6,7)27-26-53(43,4)5)33-47(40)58(39-24-22-35(23-25-39)34-16-11-10-12-17-34)56-46-21-15-20-42-51(46)57(49(31-38)50(41)56)48-29-37-19-14-13-18-36(37)28-45(48)55(42,8)9/h10-25,28-33H,26-27H2,1-9H3. The van der Waals surface area contributed by atoms with Crippen LogP contribution in [0.1, 0.15) is 103 Å². The second kappa shape index (κ2) is 11.8. The van der Waals surface area contributed by atoms with Gasteiger partial charge in [0.1, 0.15) is 0 Å². The number of para-hydroxylation sites is 1. The molecule has 11 rings (SSSR count). The normalized spacial score (nSPS) is 17.6. The molecule has 4 aliphatic rings. The van der Waals surface area contributed by atoms with E-state index < -0.39 is 0 Å². The molecule has 7 aromatic rings. The number of benzene rings is 7. The van der Waals surface area contributed by atoms with Crippen molar-refractivity contribution in [2.75, 3.05) is 9.71 Å². The first-order chi connectivity index (χ1) is 27.6. The maximum Gasteiger partial charge on any atom is 0.333 e. The van der Waals surface area contributed by atoms with E-state index in [4.69, 9.17) is 0 Å². The maximum atomic E-state index is 2.72. The molecule has 0 atom stereocenters. The van der Waals surface area contributed by atoms with Gasteiger partial charge < -0.3 is 9.71 Å². The Balaban J connectivity index is 1.27. The first-order valence-electron chi connectivity index (χ1n) is 21.4. The predicted octanol–water partition coefficient (Wildman–Crippen LogP) is 13.5. The summed E-state index contributed by atoms with van der Waals surface area (Å²) in [6, 6.07) is 51.6. The van der Waals surface area contributed by atoms with Crippen LogP contribution in [0.25, 0.3) is 33.0 Å². The topological polar surface area (TPSA) is 6.48 Å². The highest BCUT2D eigenvalue weighted by atomic mass is 15.2. The lowest BCUT2D eigenvalue weighted by Crippen LogP contribution is -2.62.